The van der Waals surface area contributed by atoms with Crippen LogP contribution in [0.25, 0.3) is 24.2 Å². The highest BCUT2D eigenvalue weighted by Gasteiger charge is 2.31. The second-order valence-corrected chi connectivity index (χ2v) is 36.7. The number of aliphatic hydroxyl groups excluding tert-OH is 6. The van der Waals surface area contributed by atoms with Gasteiger partial charge in [-0.1, -0.05) is 85.3 Å². The minimum Gasteiger partial charge on any atom is -0.508 e. The number of carbonyl (C=O) groups is 5. The van der Waals surface area contributed by atoms with E-state index in [1.807, 2.05) is 65.8 Å². The molecule has 0 aromatic heterocycles. The lowest BCUT2D eigenvalue weighted by molar-refractivity contribution is -0.134. The van der Waals surface area contributed by atoms with Crippen molar-refractivity contribution in [1.82, 2.24) is 47.5 Å². The third-order valence-electron chi connectivity index (χ3n) is 21.8. The number of nitriles is 1. The van der Waals surface area contributed by atoms with Crippen LogP contribution in [0.5, 0.6) is 40.2 Å². The van der Waals surface area contributed by atoms with Gasteiger partial charge in [-0.15, -0.1) is 0 Å². The summed E-state index contributed by atoms with van der Waals surface area (Å²) in [4.78, 5) is 80.2. The summed E-state index contributed by atoms with van der Waals surface area (Å²) in [5.74, 6) is 3.62. The van der Waals surface area contributed by atoms with Crippen LogP contribution in [0.15, 0.2) is 169 Å². The smallest absolute Gasteiger partial charge is 0.410 e. The number of Topliss-reactive ketones (excluding diaryl/α,β-unsaturated/α-hetero) is 1. The van der Waals surface area contributed by atoms with Crippen LogP contribution in [0.3, 0.4) is 0 Å². The number of hydrogen-bond acceptors (Lipinski definition) is 32. The number of rotatable bonds is 31. The number of likely N-dealkylation sites (tertiary alicyclic amines) is 3. The van der Waals surface area contributed by atoms with E-state index in [1.165, 1.54) is 18.6 Å². The zero-order valence-corrected chi connectivity index (χ0v) is 88.0. The molecule has 43 heteroatoms. The molecule has 7 saturated heterocycles. The van der Waals surface area contributed by atoms with E-state index in [-0.39, 0.29) is 112 Å². The van der Waals surface area contributed by atoms with Crippen molar-refractivity contribution >= 4 is 87.3 Å². The lowest BCUT2D eigenvalue weighted by Crippen LogP contribution is -2.48. The van der Waals surface area contributed by atoms with Crippen molar-refractivity contribution in [1.29, 1.82) is 5.26 Å². The van der Waals surface area contributed by atoms with Gasteiger partial charge >= 0.3 is 12.2 Å². The number of aromatic hydroxyl groups is 1. The summed E-state index contributed by atoms with van der Waals surface area (Å²) in [7, 11) is 1.00. The molecule has 0 unspecified atom stereocenters. The number of benzene rings is 7. The number of phenols is 1. The second kappa shape index (κ2) is 73.1. The molecule has 0 spiro atoms. The predicted octanol–water partition coefficient (Wildman–Crippen LogP) is 13.0. The Hall–Kier alpha value is -13.2. The van der Waals surface area contributed by atoms with Crippen LogP contribution in [0.4, 0.5) is 38.0 Å². The van der Waals surface area contributed by atoms with Gasteiger partial charge in [0, 0.05) is 116 Å². The quantitative estimate of drug-likeness (QED) is 0.0109. The lowest BCUT2D eigenvalue weighted by Gasteiger charge is -2.34. The van der Waals surface area contributed by atoms with Crippen molar-refractivity contribution in [3.05, 3.63) is 237 Å². The van der Waals surface area contributed by atoms with Crippen LogP contribution in [0, 0.1) is 44.2 Å². The van der Waals surface area contributed by atoms with E-state index in [4.69, 9.17) is 123 Å². The molecule has 15 rings (SSSR count). The van der Waals surface area contributed by atoms with Crippen molar-refractivity contribution in [2.24, 2.45) is 16.1 Å². The summed E-state index contributed by atoms with van der Waals surface area (Å²) >= 11 is 10.5. The maximum absolute atomic E-state index is 12.7. The van der Waals surface area contributed by atoms with E-state index in [1.54, 1.807) is 148 Å². The van der Waals surface area contributed by atoms with Crippen molar-refractivity contribution < 1.29 is 112 Å². The first kappa shape index (κ1) is 129. The highest BCUT2D eigenvalue weighted by molar-refractivity contribution is 6.32. The summed E-state index contributed by atoms with van der Waals surface area (Å²) in [5.41, 5.74) is 11.4. The fourth-order valence-electron chi connectivity index (χ4n) is 13.5. The van der Waals surface area contributed by atoms with Gasteiger partial charge in [-0.05, 0) is 214 Å². The molecule has 41 nitrogen and oxygen atoms in total. The molecule has 19 N–H and O–H groups in total. The summed E-state index contributed by atoms with van der Waals surface area (Å²) in [6.45, 7) is 58.7. The first-order valence-electron chi connectivity index (χ1n) is 48.9. The van der Waals surface area contributed by atoms with Gasteiger partial charge in [0.05, 0.1) is 87.8 Å². The summed E-state index contributed by atoms with van der Waals surface area (Å²) in [6, 6.07) is 48.9. The molecule has 8 aliphatic heterocycles. The Labute approximate surface area is 889 Å². The largest absolute Gasteiger partial charge is 0.508 e. The predicted molar refractivity (Wildman–Crippen MR) is 570 cm³/mol. The van der Waals surface area contributed by atoms with E-state index in [9.17, 15) is 39.3 Å². The number of ether oxygens (including phenoxy) is 11. The number of aliphatic hydroxyl groups is 6. The molecule has 0 radical (unpaired) electrons. The van der Waals surface area contributed by atoms with Gasteiger partial charge in [0.2, 0.25) is 5.91 Å². The zero-order chi connectivity index (χ0) is 109. The van der Waals surface area contributed by atoms with Gasteiger partial charge in [0.15, 0.2) is 35.0 Å². The Morgan fingerprint density at radius 2 is 0.900 bits per heavy atom. The zero-order valence-electron chi connectivity index (χ0n) is 86.4. The van der Waals surface area contributed by atoms with E-state index < -0.39 is 35.6 Å². The van der Waals surface area contributed by atoms with Crippen LogP contribution in [-0.4, -0.2) is 310 Å². The molecule has 0 saturated carbocycles. The molecule has 7 atom stereocenters. The number of nitrogens with zero attached hydrogens (tertiary/aromatic N) is 10. The van der Waals surface area contributed by atoms with Gasteiger partial charge < -0.3 is 136 Å². The van der Waals surface area contributed by atoms with Crippen LogP contribution >= 0.6 is 23.4 Å². The van der Waals surface area contributed by atoms with Gasteiger partial charge in [0.1, 0.15) is 127 Å². The molecule has 8 heterocycles. The summed E-state index contributed by atoms with van der Waals surface area (Å²) < 4.78 is 58.0. The maximum Gasteiger partial charge on any atom is 0.410 e. The Bertz CT molecular complexity index is 5420. The number of nitrogens with two attached hydrogens (primary N) is 2. The van der Waals surface area contributed by atoms with Crippen molar-refractivity contribution in [2.45, 2.75) is 191 Å². The molecule has 816 valence electrons. The number of halogens is 2. The van der Waals surface area contributed by atoms with Crippen molar-refractivity contribution in [3.8, 4) is 46.3 Å². The Morgan fingerprint density at radius 3 is 1.23 bits per heavy atom. The molecule has 7 aromatic carbocycles. The number of hydrazone groups is 1. The minimum atomic E-state index is -0.695. The molecule has 7 fully saturated rings. The van der Waals surface area contributed by atoms with Crippen molar-refractivity contribution in [3.63, 3.8) is 0 Å². The summed E-state index contributed by atoms with van der Waals surface area (Å²) in [5, 5.41) is 93.3. The molecule has 0 aliphatic carbocycles. The minimum absolute atomic E-state index is 0. The average Bonchev–Trinajstić information content (AvgIpc) is 1.52. The normalized spacial score (nSPS) is 16.8. The molecular weight excluding hydrogens is 1980 g/mol. The summed E-state index contributed by atoms with van der Waals surface area (Å²) in [6.07, 6.45) is 6.35. The van der Waals surface area contributed by atoms with E-state index in [0.717, 1.165) is 95.6 Å². The Kier molecular flexibility index (Phi) is 62.9. The van der Waals surface area contributed by atoms with E-state index in [0.29, 0.717) is 171 Å². The topological polar surface area (TPSA) is 553 Å². The number of ketones is 1. The maximum atomic E-state index is 12.7. The first-order valence-corrected chi connectivity index (χ1v) is 49.7. The number of amides is 4. The SMILES string of the molecule is CC(C)(C)OC(=O)N1CCC(=O)CC1.CC[C@@H]1CO1.CO.N.N#Cc1cccc(O)c1.NCl.OC[C@@H]1CO1.[C-]#[N+]c1cccc(OC[C@@H](O)CN)c1.[C-]#[N+]c1cccc(OC[C@@H](O)CNC2CCN(C(=O)COc3ccc(C4=NNC(=O)CC4)cc3Cl)CC2)c1.[C-]#[N+]c1cccc(OC[C@@H](O)CNC2CCN(C(=O)OC(C)(C)C)CC2)c1.[C-]#[N+]c1cccc(OC[C@@H](O)CNC2CCNCC2)c1.[C-]#[N+]c1cccc(OC[C@@H]2CO2)c1. The second-order valence-electron chi connectivity index (χ2n) is 36.2. The number of hydrogen-bond donors (Lipinski definition) is 15. The average molecular weight is 2120 g/mol. The fourth-order valence-corrected chi connectivity index (χ4v) is 13.7. The molecule has 0 bridgehead atoms. The third kappa shape index (κ3) is 57.0. The van der Waals surface area contributed by atoms with Crippen LogP contribution < -0.4 is 72.3 Å². The number of epoxide rings is 3. The molecule has 4 amide bonds. The molecule has 7 aromatic rings. The highest BCUT2D eigenvalue weighted by Crippen LogP contribution is 2.30. The van der Waals surface area contributed by atoms with Gasteiger partial charge in [-0.3, -0.25) is 14.4 Å². The Balaban J connectivity index is 0.000000370. The Morgan fingerprint density at radius 1 is 0.520 bits per heavy atom. The number of nitrogens with one attached hydrogen (secondary N) is 5. The van der Waals surface area contributed by atoms with Gasteiger partial charge in [-0.25, -0.2) is 44.5 Å². The molecular formula is C107H146Cl2N18O23. The first-order chi connectivity index (χ1) is 71.7. The van der Waals surface area contributed by atoms with Crippen LogP contribution in [0.2, 0.25) is 5.02 Å². The standard InChI is InChI=1S/C27H30ClN5O5.C20H29N3O4.C15H21N3O2.C10H12N2O2.C10H17NO3.C10H9NO2.C7H5NO.C4H8O.C3H6O2.CH4O.ClH2N.H3N/c1-29-20-3-2-4-22(14-20)37-16-21(34)15-30-19-9-11-33(12-10-19)27(36)17-38-25-7-5-18(13-23(25)28)24-6-8-26(35)32-31-24;1-20(2,3)27-19(25)23-10-8-15(9-11-23)22-13-17(24)14-26-18-7-5-6-16(12-18)21-4;1-16-13-3-2-4-15(9-13)20-11-14(19)10-18-12-5-7-17-8-6-12;1-12-8-3-2-4-10(5-8)14-7-9(13)6-11;1-10(2,3)14-9(13)11-6-4-8(12)5-7-11;1-11-8-3-2-4-9(5-8)12-6-10-7-13-10;8-5-6-2-1-3-7(9)4-6;1-2-4-3-5-4;4-1-3-2-5-3;2*1-2;/h2-5,7,13-14,19,21,30,34H,6,8-12,15-17H2,(H,32,35);5-7,12,15,17,22,24H,8-11,13-14H2,1-3H3;2-4,9,12,14,17-19H,5-8,10-11H2;2-5,9,13H,6-7,11H2;4-7H2,1-3H3;2-5,10H,6-7H2;1-4,9H;4H,2-3H2,1H3;3-4H,1-2H2;2H,1H3;2H2;1H3/t21-;17-;14-;9-;;10-;;4-;3-;;;/m0000.1.11.../s1. The van der Waals surface area contributed by atoms with Crippen LogP contribution in [-0.2, 0) is 38.1 Å². The van der Waals surface area contributed by atoms with Gasteiger partial charge in [-0.2, -0.15) is 10.4 Å². The van der Waals surface area contributed by atoms with E-state index >= 15 is 0 Å². The van der Waals surface area contributed by atoms with Crippen LogP contribution in [0.1, 0.15) is 130 Å². The van der Waals surface area contributed by atoms with Crippen molar-refractivity contribution in [2.75, 3.05) is 152 Å². The number of phenolic OH excluding ortho intramolecular Hbond substituents is 1. The molecule has 150 heavy (non-hydrogen) atoms. The molecule has 8 aliphatic rings. The monoisotopic (exact) mass is 2120 g/mol. The highest BCUT2D eigenvalue weighted by atomic mass is 35.5. The van der Waals surface area contributed by atoms with E-state index in [2.05, 4.69) is 84.7 Å². The third-order valence-corrected chi connectivity index (χ3v) is 22.1. The number of carbonyl (C=O) groups excluding carboxylic acids is 5. The van der Waals surface area contributed by atoms with Gasteiger partial charge in [0.25, 0.3) is 5.91 Å². The fraction of sp³-hybridized carbons (Fsp3) is 0.495. The number of piperidine rings is 4. The lowest BCUT2D eigenvalue weighted by atomic mass is 10.0.